The van der Waals surface area contributed by atoms with Crippen LogP contribution in [0.4, 0.5) is 0 Å². The van der Waals surface area contributed by atoms with Crippen molar-refractivity contribution in [1.29, 1.82) is 0 Å². The average Bonchev–Trinajstić information content (AvgIpc) is 2.66. The summed E-state index contributed by atoms with van der Waals surface area (Å²) in [6.45, 7) is 3.28. The van der Waals surface area contributed by atoms with Crippen LogP contribution >= 0.6 is 23.2 Å². The molecule has 0 heterocycles. The Morgan fingerprint density at radius 1 is 0.885 bits per heavy atom. The van der Waals surface area contributed by atoms with Crippen LogP contribution < -0.4 is 10.1 Å². The van der Waals surface area contributed by atoms with Crippen molar-refractivity contribution in [2.75, 3.05) is 0 Å². The first kappa shape index (κ1) is 18.8. The molecule has 3 aromatic rings. The predicted molar refractivity (Wildman–Crippen MR) is 109 cm³/mol. The van der Waals surface area contributed by atoms with Gasteiger partial charge in [-0.15, -0.1) is 0 Å². The van der Waals surface area contributed by atoms with Gasteiger partial charge in [0.1, 0.15) is 12.4 Å². The van der Waals surface area contributed by atoms with E-state index in [4.69, 9.17) is 27.9 Å². The maximum Gasteiger partial charge on any atom is 0.124 e. The standard InChI is InChI=1S/C22H21Cl2NO/c1-16(18-7-3-2-4-8-18)25-14-19-13-21(24)10-11-22(19)26-15-17-6-5-9-20(23)12-17/h2-13,16,25H,14-15H2,1H3. The normalized spacial score (nSPS) is 12.0. The monoisotopic (exact) mass is 385 g/mol. The highest BCUT2D eigenvalue weighted by molar-refractivity contribution is 6.30. The first-order valence-corrected chi connectivity index (χ1v) is 9.31. The summed E-state index contributed by atoms with van der Waals surface area (Å²) in [6, 6.07) is 24.0. The van der Waals surface area contributed by atoms with Gasteiger partial charge >= 0.3 is 0 Å². The van der Waals surface area contributed by atoms with Gasteiger partial charge in [-0.3, -0.25) is 0 Å². The molecule has 1 N–H and O–H groups in total. The summed E-state index contributed by atoms with van der Waals surface area (Å²) >= 11 is 12.2. The van der Waals surface area contributed by atoms with Gasteiger partial charge < -0.3 is 10.1 Å². The maximum absolute atomic E-state index is 6.19. The van der Waals surface area contributed by atoms with E-state index < -0.39 is 0 Å². The molecule has 2 nitrogen and oxygen atoms in total. The molecule has 0 radical (unpaired) electrons. The molecule has 3 rings (SSSR count). The minimum atomic E-state index is 0.232. The summed E-state index contributed by atoms with van der Waals surface area (Å²) in [7, 11) is 0. The molecule has 0 saturated heterocycles. The van der Waals surface area contributed by atoms with Crippen molar-refractivity contribution in [3.8, 4) is 5.75 Å². The van der Waals surface area contributed by atoms with E-state index in [1.54, 1.807) is 0 Å². The van der Waals surface area contributed by atoms with Crippen LogP contribution in [0.15, 0.2) is 72.8 Å². The number of ether oxygens (including phenoxy) is 1. The number of halogens is 2. The zero-order valence-corrected chi connectivity index (χ0v) is 16.1. The van der Waals surface area contributed by atoms with E-state index in [1.165, 1.54) is 5.56 Å². The van der Waals surface area contributed by atoms with Crippen LogP contribution in [0.2, 0.25) is 10.0 Å². The SMILES string of the molecule is CC(NCc1cc(Cl)ccc1OCc1cccc(Cl)c1)c1ccccc1. The highest BCUT2D eigenvalue weighted by atomic mass is 35.5. The van der Waals surface area contributed by atoms with Gasteiger partial charge in [-0.25, -0.2) is 0 Å². The van der Waals surface area contributed by atoms with Crippen LogP contribution in [0, 0.1) is 0 Å². The Hall–Kier alpha value is -2.00. The highest BCUT2D eigenvalue weighted by Crippen LogP contribution is 2.25. The quantitative estimate of drug-likeness (QED) is 0.506. The lowest BCUT2D eigenvalue weighted by Gasteiger charge is -2.17. The van der Waals surface area contributed by atoms with Crippen LogP contribution in [0.1, 0.15) is 29.7 Å². The van der Waals surface area contributed by atoms with Gasteiger partial charge in [0.2, 0.25) is 0 Å². The third kappa shape index (κ3) is 5.25. The van der Waals surface area contributed by atoms with Crippen molar-refractivity contribution in [2.45, 2.75) is 26.1 Å². The molecule has 0 aromatic heterocycles. The molecule has 0 aliphatic carbocycles. The van der Waals surface area contributed by atoms with Crippen LogP contribution in [-0.2, 0) is 13.2 Å². The fourth-order valence-electron chi connectivity index (χ4n) is 2.74. The van der Waals surface area contributed by atoms with E-state index in [-0.39, 0.29) is 6.04 Å². The van der Waals surface area contributed by atoms with Gasteiger partial charge in [0.15, 0.2) is 0 Å². The third-order valence-electron chi connectivity index (χ3n) is 4.20. The summed E-state index contributed by atoms with van der Waals surface area (Å²) in [4.78, 5) is 0. The van der Waals surface area contributed by atoms with Crippen LogP contribution in [0.3, 0.4) is 0 Å². The second-order valence-electron chi connectivity index (χ2n) is 6.18. The average molecular weight is 386 g/mol. The van der Waals surface area contributed by atoms with Gasteiger partial charge in [0.25, 0.3) is 0 Å². The van der Waals surface area contributed by atoms with Crippen molar-refractivity contribution < 1.29 is 4.74 Å². The topological polar surface area (TPSA) is 21.3 Å². The summed E-state index contributed by atoms with van der Waals surface area (Å²) in [5.74, 6) is 0.821. The molecule has 1 unspecified atom stereocenters. The molecule has 0 bridgehead atoms. The third-order valence-corrected chi connectivity index (χ3v) is 4.67. The van der Waals surface area contributed by atoms with Crippen molar-refractivity contribution in [3.05, 3.63) is 99.5 Å². The van der Waals surface area contributed by atoms with E-state index in [0.29, 0.717) is 23.2 Å². The van der Waals surface area contributed by atoms with Crippen molar-refractivity contribution in [3.63, 3.8) is 0 Å². The lowest BCUT2D eigenvalue weighted by molar-refractivity contribution is 0.301. The minimum absolute atomic E-state index is 0.232. The molecular weight excluding hydrogens is 365 g/mol. The minimum Gasteiger partial charge on any atom is -0.489 e. The van der Waals surface area contributed by atoms with E-state index in [0.717, 1.165) is 16.9 Å². The van der Waals surface area contributed by atoms with Gasteiger partial charge in [0.05, 0.1) is 0 Å². The number of rotatable bonds is 7. The molecule has 1 atom stereocenters. The van der Waals surface area contributed by atoms with Crippen LogP contribution in [-0.4, -0.2) is 0 Å². The molecule has 0 amide bonds. The molecule has 4 heteroatoms. The molecule has 3 aromatic carbocycles. The zero-order chi connectivity index (χ0) is 18.4. The fourth-order valence-corrected chi connectivity index (χ4v) is 3.15. The van der Waals surface area contributed by atoms with E-state index in [1.807, 2.05) is 60.7 Å². The van der Waals surface area contributed by atoms with Crippen LogP contribution in [0.5, 0.6) is 5.75 Å². The molecule has 0 aliphatic rings. The fraction of sp³-hybridized carbons (Fsp3) is 0.182. The Kier molecular flexibility index (Phi) is 6.56. The van der Waals surface area contributed by atoms with Crippen molar-refractivity contribution in [2.24, 2.45) is 0 Å². The molecule has 0 aliphatic heterocycles. The first-order valence-electron chi connectivity index (χ1n) is 8.56. The second kappa shape index (κ2) is 9.09. The van der Waals surface area contributed by atoms with Gasteiger partial charge in [-0.05, 0) is 48.4 Å². The Morgan fingerprint density at radius 2 is 1.65 bits per heavy atom. The van der Waals surface area contributed by atoms with E-state index in [9.17, 15) is 0 Å². The lowest BCUT2D eigenvalue weighted by atomic mass is 10.1. The molecule has 0 fully saturated rings. The molecule has 26 heavy (non-hydrogen) atoms. The number of benzene rings is 3. The molecular formula is C22H21Cl2NO. The lowest BCUT2D eigenvalue weighted by Crippen LogP contribution is -2.18. The van der Waals surface area contributed by atoms with Gasteiger partial charge in [-0.1, -0.05) is 65.7 Å². The van der Waals surface area contributed by atoms with E-state index in [2.05, 4.69) is 24.4 Å². The second-order valence-corrected chi connectivity index (χ2v) is 7.06. The van der Waals surface area contributed by atoms with Crippen molar-refractivity contribution in [1.82, 2.24) is 5.32 Å². The summed E-state index contributed by atoms with van der Waals surface area (Å²) in [5, 5.41) is 4.94. The van der Waals surface area contributed by atoms with Crippen LogP contribution in [0.25, 0.3) is 0 Å². The Bertz CT molecular complexity index is 852. The molecule has 0 saturated carbocycles. The van der Waals surface area contributed by atoms with E-state index >= 15 is 0 Å². The van der Waals surface area contributed by atoms with Gasteiger partial charge in [-0.2, -0.15) is 0 Å². The zero-order valence-electron chi connectivity index (χ0n) is 14.6. The Balaban J connectivity index is 1.67. The Morgan fingerprint density at radius 3 is 2.42 bits per heavy atom. The largest absolute Gasteiger partial charge is 0.489 e. The first-order chi connectivity index (χ1) is 12.6. The number of hydrogen-bond donors (Lipinski definition) is 1. The number of hydrogen-bond acceptors (Lipinski definition) is 2. The summed E-state index contributed by atoms with van der Waals surface area (Å²) in [5.41, 5.74) is 3.31. The van der Waals surface area contributed by atoms with Gasteiger partial charge in [0, 0.05) is 28.2 Å². The predicted octanol–water partition coefficient (Wildman–Crippen LogP) is 6.42. The number of nitrogens with one attached hydrogen (secondary N) is 1. The summed E-state index contributed by atoms with van der Waals surface area (Å²) < 4.78 is 6.01. The maximum atomic E-state index is 6.19. The van der Waals surface area contributed by atoms with Crippen molar-refractivity contribution >= 4 is 23.2 Å². The Labute approximate surface area is 164 Å². The smallest absolute Gasteiger partial charge is 0.124 e. The summed E-state index contributed by atoms with van der Waals surface area (Å²) in [6.07, 6.45) is 0. The molecule has 134 valence electrons. The molecule has 0 spiro atoms. The highest BCUT2D eigenvalue weighted by Gasteiger charge is 2.09.